The SMILES string of the molecule is C#CCCCC(=O)C(N)c1ccccc1. The van der Waals surface area contributed by atoms with Crippen LogP contribution >= 0.6 is 0 Å². The van der Waals surface area contributed by atoms with Gasteiger partial charge >= 0.3 is 0 Å². The molecule has 1 atom stereocenters. The Morgan fingerprint density at radius 1 is 1.40 bits per heavy atom. The van der Waals surface area contributed by atoms with Crippen molar-refractivity contribution in [3.05, 3.63) is 35.9 Å². The summed E-state index contributed by atoms with van der Waals surface area (Å²) in [6, 6.07) is 8.88. The van der Waals surface area contributed by atoms with Gasteiger partial charge in [-0.05, 0) is 12.0 Å². The summed E-state index contributed by atoms with van der Waals surface area (Å²) < 4.78 is 0. The Labute approximate surface area is 90.5 Å². The lowest BCUT2D eigenvalue weighted by Gasteiger charge is -2.09. The van der Waals surface area contributed by atoms with E-state index in [0.29, 0.717) is 12.8 Å². The van der Waals surface area contributed by atoms with Gasteiger partial charge in [-0.2, -0.15) is 0 Å². The first-order chi connectivity index (χ1) is 7.25. The highest BCUT2D eigenvalue weighted by atomic mass is 16.1. The molecule has 1 aromatic carbocycles. The first-order valence-corrected chi connectivity index (χ1v) is 5.02. The van der Waals surface area contributed by atoms with Gasteiger partial charge < -0.3 is 5.73 Å². The van der Waals surface area contributed by atoms with Crippen LogP contribution < -0.4 is 5.73 Å². The number of benzene rings is 1. The normalized spacial score (nSPS) is 11.7. The van der Waals surface area contributed by atoms with Crippen LogP contribution in [-0.4, -0.2) is 5.78 Å². The van der Waals surface area contributed by atoms with Crippen molar-refractivity contribution in [3.8, 4) is 12.3 Å². The molecule has 1 aromatic rings. The van der Waals surface area contributed by atoms with Gasteiger partial charge in [-0.3, -0.25) is 4.79 Å². The maximum absolute atomic E-state index is 11.6. The number of nitrogens with two attached hydrogens (primary N) is 1. The highest BCUT2D eigenvalue weighted by Gasteiger charge is 2.14. The Kier molecular flexibility index (Phi) is 4.59. The van der Waals surface area contributed by atoms with E-state index in [9.17, 15) is 4.79 Å². The number of terminal acetylenes is 1. The standard InChI is InChI=1S/C13H15NO/c1-2-3-5-10-12(15)13(14)11-8-6-4-7-9-11/h1,4,6-9,13H,3,5,10,14H2. The van der Waals surface area contributed by atoms with Gasteiger partial charge in [0.1, 0.15) is 0 Å². The van der Waals surface area contributed by atoms with E-state index >= 15 is 0 Å². The molecular weight excluding hydrogens is 186 g/mol. The van der Waals surface area contributed by atoms with Gasteiger partial charge in [0.15, 0.2) is 5.78 Å². The fraction of sp³-hybridized carbons (Fsp3) is 0.308. The molecule has 2 nitrogen and oxygen atoms in total. The number of ketones is 1. The van der Waals surface area contributed by atoms with Crippen molar-refractivity contribution in [2.24, 2.45) is 5.73 Å². The summed E-state index contributed by atoms with van der Waals surface area (Å²) in [5.41, 5.74) is 6.68. The monoisotopic (exact) mass is 201 g/mol. The summed E-state index contributed by atoms with van der Waals surface area (Å²) >= 11 is 0. The van der Waals surface area contributed by atoms with Crippen LogP contribution in [0.1, 0.15) is 30.9 Å². The molecule has 2 N–H and O–H groups in total. The number of Topliss-reactive ketones (excluding diaryl/α,β-unsaturated/α-hetero) is 1. The molecule has 0 aliphatic carbocycles. The number of hydrogen-bond donors (Lipinski definition) is 1. The van der Waals surface area contributed by atoms with E-state index < -0.39 is 6.04 Å². The third-order valence-corrected chi connectivity index (χ3v) is 2.25. The average molecular weight is 201 g/mol. The molecule has 0 amide bonds. The molecule has 0 radical (unpaired) electrons. The van der Waals surface area contributed by atoms with Gasteiger partial charge in [0.25, 0.3) is 0 Å². The van der Waals surface area contributed by atoms with Gasteiger partial charge in [-0.15, -0.1) is 12.3 Å². The Balaban J connectivity index is 2.51. The molecule has 15 heavy (non-hydrogen) atoms. The lowest BCUT2D eigenvalue weighted by atomic mass is 10.0. The van der Waals surface area contributed by atoms with Crippen molar-refractivity contribution in [3.63, 3.8) is 0 Å². The van der Waals surface area contributed by atoms with Gasteiger partial charge in [-0.1, -0.05) is 30.3 Å². The molecule has 0 aromatic heterocycles. The Morgan fingerprint density at radius 3 is 2.67 bits per heavy atom. The van der Waals surface area contributed by atoms with Gasteiger partial charge in [-0.25, -0.2) is 0 Å². The maximum Gasteiger partial charge on any atom is 0.154 e. The highest BCUT2D eigenvalue weighted by Crippen LogP contribution is 2.13. The van der Waals surface area contributed by atoms with Crippen LogP contribution in [0.5, 0.6) is 0 Å². The van der Waals surface area contributed by atoms with E-state index in [-0.39, 0.29) is 5.78 Å². The number of rotatable bonds is 5. The Morgan fingerprint density at radius 2 is 2.07 bits per heavy atom. The zero-order valence-corrected chi connectivity index (χ0v) is 8.65. The molecule has 2 heteroatoms. The smallest absolute Gasteiger partial charge is 0.154 e. The van der Waals surface area contributed by atoms with E-state index in [1.54, 1.807) is 0 Å². The minimum absolute atomic E-state index is 0.0523. The second-order valence-corrected chi connectivity index (χ2v) is 3.41. The van der Waals surface area contributed by atoms with Crippen LogP contribution in [0.2, 0.25) is 0 Å². The molecule has 0 bridgehead atoms. The zero-order valence-electron chi connectivity index (χ0n) is 8.65. The predicted molar refractivity (Wildman–Crippen MR) is 61.1 cm³/mol. The quantitative estimate of drug-likeness (QED) is 0.585. The number of unbranched alkanes of at least 4 members (excludes halogenated alkanes) is 1. The van der Waals surface area contributed by atoms with Crippen LogP contribution in [0.25, 0.3) is 0 Å². The van der Waals surface area contributed by atoms with Gasteiger partial charge in [0.05, 0.1) is 6.04 Å². The fourth-order valence-corrected chi connectivity index (χ4v) is 1.37. The largest absolute Gasteiger partial charge is 0.318 e. The third kappa shape index (κ3) is 3.57. The van der Waals surface area contributed by atoms with E-state index in [1.165, 1.54) is 0 Å². The summed E-state index contributed by atoms with van der Waals surface area (Å²) in [5.74, 6) is 2.56. The minimum Gasteiger partial charge on any atom is -0.318 e. The summed E-state index contributed by atoms with van der Waals surface area (Å²) in [4.78, 5) is 11.6. The second kappa shape index (κ2) is 6.00. The van der Waals surface area contributed by atoms with E-state index in [2.05, 4.69) is 5.92 Å². The number of carbonyl (C=O) groups excluding carboxylic acids is 1. The molecule has 0 heterocycles. The van der Waals surface area contributed by atoms with Crippen LogP contribution in [0, 0.1) is 12.3 Å². The van der Waals surface area contributed by atoms with Gasteiger partial charge in [0, 0.05) is 12.8 Å². The lowest BCUT2D eigenvalue weighted by molar-refractivity contribution is -0.120. The van der Waals surface area contributed by atoms with E-state index in [0.717, 1.165) is 12.0 Å². The van der Waals surface area contributed by atoms with Crippen LogP contribution in [-0.2, 0) is 4.79 Å². The molecule has 0 spiro atoms. The molecule has 78 valence electrons. The zero-order chi connectivity index (χ0) is 11.1. The molecular formula is C13H15NO. The van der Waals surface area contributed by atoms with Crippen molar-refractivity contribution in [2.75, 3.05) is 0 Å². The van der Waals surface area contributed by atoms with Crippen molar-refractivity contribution in [1.82, 2.24) is 0 Å². The summed E-state index contributed by atoms with van der Waals surface area (Å²) in [7, 11) is 0. The third-order valence-electron chi connectivity index (χ3n) is 2.25. The van der Waals surface area contributed by atoms with Crippen molar-refractivity contribution in [1.29, 1.82) is 0 Å². The van der Waals surface area contributed by atoms with Crippen molar-refractivity contribution in [2.45, 2.75) is 25.3 Å². The Bertz CT molecular complexity index is 351. The lowest BCUT2D eigenvalue weighted by Crippen LogP contribution is -2.21. The topological polar surface area (TPSA) is 43.1 Å². The maximum atomic E-state index is 11.6. The first-order valence-electron chi connectivity index (χ1n) is 5.02. The van der Waals surface area contributed by atoms with Gasteiger partial charge in [0.2, 0.25) is 0 Å². The Hall–Kier alpha value is -1.59. The van der Waals surface area contributed by atoms with Crippen LogP contribution in [0.4, 0.5) is 0 Å². The van der Waals surface area contributed by atoms with E-state index in [4.69, 9.17) is 12.2 Å². The first kappa shape index (κ1) is 11.5. The molecule has 0 aliphatic heterocycles. The van der Waals surface area contributed by atoms with Crippen LogP contribution in [0.15, 0.2) is 30.3 Å². The molecule has 1 rings (SSSR count). The fourth-order valence-electron chi connectivity index (χ4n) is 1.37. The second-order valence-electron chi connectivity index (χ2n) is 3.41. The minimum atomic E-state index is -0.510. The predicted octanol–water partition coefficient (Wildman–Crippen LogP) is 2.06. The number of carbonyl (C=O) groups is 1. The molecule has 0 saturated heterocycles. The van der Waals surface area contributed by atoms with Crippen molar-refractivity contribution >= 4 is 5.78 Å². The highest BCUT2D eigenvalue weighted by molar-refractivity contribution is 5.85. The molecule has 0 fully saturated rings. The van der Waals surface area contributed by atoms with Crippen LogP contribution in [0.3, 0.4) is 0 Å². The van der Waals surface area contributed by atoms with E-state index in [1.807, 2.05) is 30.3 Å². The van der Waals surface area contributed by atoms with Crippen molar-refractivity contribution < 1.29 is 4.79 Å². The molecule has 0 saturated carbocycles. The number of hydrogen-bond acceptors (Lipinski definition) is 2. The average Bonchev–Trinajstić information content (AvgIpc) is 2.29. The molecule has 0 aliphatic rings. The summed E-state index contributed by atoms with van der Waals surface area (Å²) in [5, 5.41) is 0. The summed E-state index contributed by atoms with van der Waals surface area (Å²) in [6.07, 6.45) is 6.92. The molecule has 1 unspecified atom stereocenters. The summed E-state index contributed by atoms with van der Waals surface area (Å²) in [6.45, 7) is 0.